The summed E-state index contributed by atoms with van der Waals surface area (Å²) in [5.74, 6) is 0.0124. The van der Waals surface area contributed by atoms with Gasteiger partial charge in [0.05, 0.1) is 11.4 Å². The topological polar surface area (TPSA) is 76.3 Å². The molecule has 26 heavy (non-hydrogen) atoms. The third kappa shape index (κ3) is 3.87. The van der Waals surface area contributed by atoms with E-state index < -0.39 is 15.8 Å². The molecule has 0 saturated carbocycles. The Bertz CT molecular complexity index is 986. The molecule has 0 amide bonds. The minimum absolute atomic E-state index is 0.0245. The molecule has 0 fully saturated rings. The summed E-state index contributed by atoms with van der Waals surface area (Å²) >= 11 is 0. The van der Waals surface area contributed by atoms with Crippen LogP contribution in [0.2, 0.25) is 0 Å². The fraction of sp³-hybridized carbons (Fsp3) is 0.111. The van der Waals surface area contributed by atoms with Gasteiger partial charge in [-0.15, -0.1) is 6.58 Å². The molecule has 0 spiro atoms. The number of hydrogen-bond acceptors (Lipinski definition) is 5. The third-order valence-corrected chi connectivity index (χ3v) is 5.42. The van der Waals surface area contributed by atoms with Gasteiger partial charge in [0.15, 0.2) is 0 Å². The smallest absolute Gasteiger partial charge is 0.243 e. The molecule has 2 aromatic carbocycles. The van der Waals surface area contributed by atoms with E-state index in [9.17, 15) is 12.8 Å². The van der Waals surface area contributed by atoms with Crippen molar-refractivity contribution in [1.29, 1.82) is 0 Å². The quantitative estimate of drug-likeness (QED) is 0.594. The van der Waals surface area contributed by atoms with Crippen LogP contribution in [0.4, 0.5) is 4.39 Å². The Morgan fingerprint density at radius 2 is 1.81 bits per heavy atom. The standard InChI is InChI=1S/C18H16FN3O3S/c1-2-12-22(26(23,24)16-10-8-15(19)9-11-16)13-17-20-18(21-25-17)14-6-4-3-5-7-14/h2-11H,1,12-13H2. The second-order valence-corrected chi connectivity index (χ2v) is 7.36. The van der Waals surface area contributed by atoms with Crippen LogP contribution in [0.3, 0.4) is 0 Å². The van der Waals surface area contributed by atoms with Crippen LogP contribution in [0, 0.1) is 5.82 Å². The van der Waals surface area contributed by atoms with E-state index in [0.29, 0.717) is 5.82 Å². The minimum Gasteiger partial charge on any atom is -0.338 e. The van der Waals surface area contributed by atoms with Crippen molar-refractivity contribution in [2.45, 2.75) is 11.4 Å². The van der Waals surface area contributed by atoms with Gasteiger partial charge in [0.1, 0.15) is 5.82 Å². The lowest BCUT2D eigenvalue weighted by atomic mass is 10.2. The maximum atomic E-state index is 13.1. The molecule has 0 radical (unpaired) electrons. The van der Waals surface area contributed by atoms with Crippen LogP contribution in [0.15, 0.2) is 76.7 Å². The Morgan fingerprint density at radius 3 is 2.46 bits per heavy atom. The van der Waals surface area contributed by atoms with Gasteiger partial charge in [-0.05, 0) is 24.3 Å². The first-order chi connectivity index (χ1) is 12.5. The summed E-state index contributed by atoms with van der Waals surface area (Å²) in [5, 5.41) is 3.88. The summed E-state index contributed by atoms with van der Waals surface area (Å²) in [6.45, 7) is 3.51. The summed E-state index contributed by atoms with van der Waals surface area (Å²) in [5.41, 5.74) is 0.763. The number of rotatable bonds is 7. The van der Waals surface area contributed by atoms with Crippen LogP contribution in [-0.2, 0) is 16.6 Å². The summed E-state index contributed by atoms with van der Waals surface area (Å²) in [6, 6.07) is 13.8. The first kappa shape index (κ1) is 18.0. The van der Waals surface area contributed by atoms with Crippen molar-refractivity contribution in [3.05, 3.63) is 79.0 Å². The minimum atomic E-state index is -3.87. The van der Waals surface area contributed by atoms with E-state index in [1.807, 2.05) is 30.3 Å². The van der Waals surface area contributed by atoms with Crippen LogP contribution in [0.25, 0.3) is 11.4 Å². The van der Waals surface area contributed by atoms with Crippen molar-refractivity contribution in [3.63, 3.8) is 0 Å². The van der Waals surface area contributed by atoms with E-state index in [4.69, 9.17) is 4.52 Å². The van der Waals surface area contributed by atoms with Crippen LogP contribution < -0.4 is 0 Å². The third-order valence-electron chi connectivity index (χ3n) is 3.60. The fourth-order valence-corrected chi connectivity index (χ4v) is 3.68. The number of halogens is 1. The highest BCUT2D eigenvalue weighted by Crippen LogP contribution is 2.20. The molecular formula is C18H16FN3O3S. The van der Waals surface area contributed by atoms with Crippen LogP contribution in [-0.4, -0.2) is 29.4 Å². The first-order valence-corrected chi connectivity index (χ1v) is 9.19. The number of benzene rings is 2. The summed E-state index contributed by atoms with van der Waals surface area (Å²) in [7, 11) is -3.87. The monoisotopic (exact) mass is 373 g/mol. The average Bonchev–Trinajstić information content (AvgIpc) is 3.11. The number of hydrogen-bond donors (Lipinski definition) is 0. The molecule has 6 nitrogen and oxygen atoms in total. The van der Waals surface area contributed by atoms with Gasteiger partial charge >= 0.3 is 0 Å². The molecule has 1 heterocycles. The molecule has 0 aliphatic carbocycles. The van der Waals surface area contributed by atoms with Gasteiger partial charge in [-0.3, -0.25) is 0 Å². The predicted octanol–water partition coefficient (Wildman–Crippen LogP) is 3.25. The van der Waals surface area contributed by atoms with E-state index in [1.165, 1.54) is 18.2 Å². The van der Waals surface area contributed by atoms with Crippen molar-refractivity contribution in [3.8, 4) is 11.4 Å². The van der Waals surface area contributed by atoms with Gasteiger partial charge in [-0.1, -0.05) is 41.6 Å². The molecule has 1 aromatic heterocycles. The second-order valence-electron chi connectivity index (χ2n) is 5.42. The highest BCUT2D eigenvalue weighted by molar-refractivity contribution is 7.89. The van der Waals surface area contributed by atoms with Gasteiger partial charge in [-0.2, -0.15) is 9.29 Å². The molecule has 134 valence electrons. The largest absolute Gasteiger partial charge is 0.338 e. The lowest BCUT2D eigenvalue weighted by molar-refractivity contribution is 0.327. The van der Waals surface area contributed by atoms with Crippen molar-refractivity contribution in [1.82, 2.24) is 14.4 Å². The van der Waals surface area contributed by atoms with Crippen molar-refractivity contribution >= 4 is 10.0 Å². The Labute approximate surface area is 150 Å². The van der Waals surface area contributed by atoms with Gasteiger partial charge in [0.2, 0.25) is 21.7 Å². The Morgan fingerprint density at radius 1 is 1.12 bits per heavy atom. The maximum Gasteiger partial charge on any atom is 0.243 e. The van der Waals surface area contributed by atoms with E-state index in [0.717, 1.165) is 22.0 Å². The zero-order valence-electron chi connectivity index (χ0n) is 13.7. The van der Waals surface area contributed by atoms with Crippen LogP contribution in [0.5, 0.6) is 0 Å². The SMILES string of the molecule is C=CCN(Cc1nc(-c2ccccc2)no1)S(=O)(=O)c1ccc(F)cc1. The molecule has 3 rings (SSSR count). The molecule has 0 aliphatic rings. The van der Waals surface area contributed by atoms with Crippen LogP contribution in [0.1, 0.15) is 5.89 Å². The normalized spacial score (nSPS) is 11.6. The van der Waals surface area contributed by atoms with E-state index in [1.54, 1.807) is 0 Å². The van der Waals surface area contributed by atoms with E-state index in [-0.39, 0.29) is 23.9 Å². The first-order valence-electron chi connectivity index (χ1n) is 7.75. The molecular weight excluding hydrogens is 357 g/mol. The summed E-state index contributed by atoms with van der Waals surface area (Å²) in [6.07, 6.45) is 1.45. The average molecular weight is 373 g/mol. The summed E-state index contributed by atoms with van der Waals surface area (Å²) < 4.78 is 45.0. The van der Waals surface area contributed by atoms with E-state index >= 15 is 0 Å². The Hall–Kier alpha value is -2.84. The van der Waals surface area contributed by atoms with Crippen molar-refractivity contribution in [2.24, 2.45) is 0 Å². The molecule has 8 heteroatoms. The number of aromatic nitrogens is 2. The van der Waals surface area contributed by atoms with Gasteiger partial charge in [-0.25, -0.2) is 12.8 Å². The second kappa shape index (κ2) is 7.59. The lowest BCUT2D eigenvalue weighted by Gasteiger charge is -2.18. The molecule has 0 saturated heterocycles. The molecule has 0 N–H and O–H groups in total. The zero-order valence-corrected chi connectivity index (χ0v) is 14.6. The lowest BCUT2D eigenvalue weighted by Crippen LogP contribution is -2.31. The molecule has 0 unspecified atom stereocenters. The van der Waals surface area contributed by atoms with Gasteiger partial charge in [0, 0.05) is 12.1 Å². The molecule has 0 atom stereocenters. The molecule has 3 aromatic rings. The van der Waals surface area contributed by atoms with Crippen LogP contribution >= 0.6 is 0 Å². The van der Waals surface area contributed by atoms with E-state index in [2.05, 4.69) is 16.7 Å². The summed E-state index contributed by atoms with van der Waals surface area (Å²) in [4.78, 5) is 4.22. The Balaban J connectivity index is 1.86. The number of nitrogens with zero attached hydrogens (tertiary/aromatic N) is 3. The molecule has 0 bridgehead atoms. The number of sulfonamides is 1. The highest BCUT2D eigenvalue weighted by Gasteiger charge is 2.26. The van der Waals surface area contributed by atoms with Gasteiger partial charge < -0.3 is 4.52 Å². The van der Waals surface area contributed by atoms with Crippen molar-refractivity contribution in [2.75, 3.05) is 6.54 Å². The fourth-order valence-electron chi connectivity index (χ4n) is 2.32. The Kier molecular flexibility index (Phi) is 5.24. The highest BCUT2D eigenvalue weighted by atomic mass is 32.2. The predicted molar refractivity (Wildman–Crippen MR) is 93.9 cm³/mol. The zero-order chi connectivity index (χ0) is 18.6. The van der Waals surface area contributed by atoms with Gasteiger partial charge in [0.25, 0.3) is 0 Å². The molecule has 0 aliphatic heterocycles. The van der Waals surface area contributed by atoms with Crippen molar-refractivity contribution < 1.29 is 17.3 Å². The maximum absolute atomic E-state index is 13.1.